The number of hydrogen-bond donors (Lipinski definition) is 3. The second kappa shape index (κ2) is 11.0. The number of pyridine rings is 1. The van der Waals surface area contributed by atoms with E-state index in [2.05, 4.69) is 10.3 Å². The highest BCUT2D eigenvalue weighted by Crippen LogP contribution is 2.25. The van der Waals surface area contributed by atoms with Gasteiger partial charge >= 0.3 is 0 Å². The minimum atomic E-state index is -0.937. The summed E-state index contributed by atoms with van der Waals surface area (Å²) in [6, 6.07) is 7.04. The fraction of sp³-hybridized carbons (Fsp3) is 0.300. The van der Waals surface area contributed by atoms with Gasteiger partial charge in [0.05, 0.1) is 12.5 Å². The lowest BCUT2D eigenvalue weighted by atomic mass is 9.97. The SMILES string of the molecule is NC(=O)CN1CCCC(C(=O)Nc2ccc(-c3cccc(F)c3F)cn2)C1.O=CO. The van der Waals surface area contributed by atoms with Gasteiger partial charge in [-0.25, -0.2) is 13.8 Å². The molecule has 1 atom stereocenters. The maximum Gasteiger partial charge on any atom is 0.290 e. The number of carboxylic acid groups (broad SMARTS) is 1. The number of likely N-dealkylation sites (tertiary alicyclic amines) is 1. The van der Waals surface area contributed by atoms with Crippen LogP contribution >= 0.6 is 0 Å². The minimum absolute atomic E-state index is 0.106. The topological polar surface area (TPSA) is 126 Å². The summed E-state index contributed by atoms with van der Waals surface area (Å²) in [5.41, 5.74) is 5.73. The number of hydrogen-bond acceptors (Lipinski definition) is 5. The molecule has 30 heavy (non-hydrogen) atoms. The maximum atomic E-state index is 13.9. The summed E-state index contributed by atoms with van der Waals surface area (Å²) in [6.45, 7) is 1.08. The first-order chi connectivity index (χ1) is 14.3. The van der Waals surface area contributed by atoms with Gasteiger partial charge in [0.25, 0.3) is 6.47 Å². The van der Waals surface area contributed by atoms with Crippen LogP contribution in [-0.4, -0.2) is 52.9 Å². The van der Waals surface area contributed by atoms with Crippen molar-refractivity contribution < 1.29 is 28.3 Å². The Bertz CT molecular complexity index is 893. The molecule has 1 aromatic heterocycles. The molecule has 2 amide bonds. The second-order valence-electron chi connectivity index (χ2n) is 6.67. The van der Waals surface area contributed by atoms with Crippen molar-refractivity contribution in [1.29, 1.82) is 0 Å². The number of anilines is 1. The Balaban J connectivity index is 0.00000101. The van der Waals surface area contributed by atoms with Crippen LogP contribution in [0.15, 0.2) is 36.5 Å². The zero-order valence-corrected chi connectivity index (χ0v) is 16.1. The van der Waals surface area contributed by atoms with Crippen molar-refractivity contribution in [1.82, 2.24) is 9.88 Å². The van der Waals surface area contributed by atoms with Gasteiger partial charge in [-0.05, 0) is 37.6 Å². The first kappa shape index (κ1) is 22.9. The highest BCUT2D eigenvalue weighted by atomic mass is 19.2. The van der Waals surface area contributed by atoms with E-state index in [0.717, 1.165) is 19.0 Å². The van der Waals surface area contributed by atoms with Gasteiger partial charge in [-0.15, -0.1) is 0 Å². The summed E-state index contributed by atoms with van der Waals surface area (Å²) >= 11 is 0. The van der Waals surface area contributed by atoms with E-state index in [-0.39, 0.29) is 30.4 Å². The molecular weight excluding hydrogens is 398 g/mol. The van der Waals surface area contributed by atoms with Crippen LogP contribution < -0.4 is 11.1 Å². The van der Waals surface area contributed by atoms with Crippen LogP contribution in [-0.2, 0) is 14.4 Å². The van der Waals surface area contributed by atoms with Crippen molar-refractivity contribution in [2.24, 2.45) is 11.7 Å². The predicted octanol–water partition coefficient (Wildman–Crippen LogP) is 1.86. The van der Waals surface area contributed by atoms with Crippen LogP contribution in [0, 0.1) is 17.6 Å². The summed E-state index contributed by atoms with van der Waals surface area (Å²) in [6.07, 6.45) is 2.90. The molecule has 0 spiro atoms. The maximum absolute atomic E-state index is 13.9. The van der Waals surface area contributed by atoms with Crippen LogP contribution in [0.1, 0.15) is 12.8 Å². The summed E-state index contributed by atoms with van der Waals surface area (Å²) in [5, 5.41) is 9.62. The quantitative estimate of drug-likeness (QED) is 0.634. The van der Waals surface area contributed by atoms with E-state index in [1.165, 1.54) is 18.3 Å². The van der Waals surface area contributed by atoms with Crippen molar-refractivity contribution in [2.45, 2.75) is 12.8 Å². The van der Waals surface area contributed by atoms with Gasteiger partial charge in [0.15, 0.2) is 11.6 Å². The first-order valence-electron chi connectivity index (χ1n) is 9.15. The molecule has 1 aromatic carbocycles. The molecular formula is C20H22F2N4O4. The van der Waals surface area contributed by atoms with Crippen molar-refractivity contribution in [3.63, 3.8) is 0 Å². The fourth-order valence-corrected chi connectivity index (χ4v) is 3.22. The van der Waals surface area contributed by atoms with Crippen molar-refractivity contribution >= 4 is 24.1 Å². The first-order valence-corrected chi connectivity index (χ1v) is 9.15. The largest absolute Gasteiger partial charge is 0.483 e. The Morgan fingerprint density at radius 1 is 1.30 bits per heavy atom. The summed E-state index contributed by atoms with van der Waals surface area (Å²) < 4.78 is 27.2. The number of carbonyl (C=O) groups excluding carboxylic acids is 2. The van der Waals surface area contributed by atoms with Crippen LogP contribution in [0.2, 0.25) is 0 Å². The Kier molecular flexibility index (Phi) is 8.36. The predicted molar refractivity (Wildman–Crippen MR) is 105 cm³/mol. The van der Waals surface area contributed by atoms with Crippen molar-refractivity contribution in [3.05, 3.63) is 48.2 Å². The molecule has 1 aliphatic heterocycles. The molecule has 10 heteroatoms. The molecule has 1 fully saturated rings. The summed E-state index contributed by atoms with van der Waals surface area (Å²) in [7, 11) is 0. The number of nitrogens with two attached hydrogens (primary N) is 1. The number of nitrogens with zero attached hydrogens (tertiary/aromatic N) is 2. The van der Waals surface area contributed by atoms with E-state index in [1.54, 1.807) is 12.1 Å². The number of aromatic nitrogens is 1. The van der Waals surface area contributed by atoms with Crippen molar-refractivity contribution in [2.75, 3.05) is 25.0 Å². The fourth-order valence-electron chi connectivity index (χ4n) is 3.22. The van der Waals surface area contributed by atoms with Gasteiger partial charge in [0.1, 0.15) is 5.82 Å². The zero-order chi connectivity index (χ0) is 22.1. The highest BCUT2D eigenvalue weighted by Gasteiger charge is 2.26. The molecule has 0 aliphatic carbocycles. The monoisotopic (exact) mass is 420 g/mol. The van der Waals surface area contributed by atoms with E-state index >= 15 is 0 Å². The van der Waals surface area contributed by atoms with Crippen LogP contribution in [0.3, 0.4) is 0 Å². The van der Waals surface area contributed by atoms with E-state index in [1.807, 2.05) is 4.90 Å². The van der Waals surface area contributed by atoms with Gasteiger partial charge < -0.3 is 16.2 Å². The third kappa shape index (κ3) is 6.31. The molecule has 1 saturated heterocycles. The number of rotatable bonds is 5. The Morgan fingerprint density at radius 3 is 2.67 bits per heavy atom. The smallest absolute Gasteiger partial charge is 0.290 e. The van der Waals surface area contributed by atoms with Gasteiger partial charge in [-0.2, -0.15) is 0 Å². The van der Waals surface area contributed by atoms with Crippen molar-refractivity contribution in [3.8, 4) is 11.1 Å². The highest BCUT2D eigenvalue weighted by molar-refractivity contribution is 5.92. The molecule has 160 valence electrons. The van der Waals surface area contributed by atoms with E-state index in [4.69, 9.17) is 15.6 Å². The number of nitrogens with one attached hydrogen (secondary N) is 1. The number of halogens is 2. The standard InChI is InChI=1S/C19H20F2N4O2.CH2O2/c20-15-5-1-4-14(18(15)21)12-6-7-17(23-9-12)24-19(27)13-3-2-8-25(10-13)11-16(22)26;2-1-3/h1,4-7,9,13H,2-3,8,10-11H2,(H2,22,26)(H,23,24,27);1H,(H,2,3). The van der Waals surface area contributed by atoms with E-state index < -0.39 is 17.5 Å². The minimum Gasteiger partial charge on any atom is -0.483 e. The second-order valence-corrected chi connectivity index (χ2v) is 6.67. The lowest BCUT2D eigenvalue weighted by molar-refractivity contribution is -0.124. The molecule has 1 aliphatic rings. The number of primary amides is 1. The number of benzene rings is 1. The van der Waals surface area contributed by atoms with Crippen LogP contribution in [0.4, 0.5) is 14.6 Å². The molecule has 4 N–H and O–H groups in total. The Hall–Kier alpha value is -3.40. The zero-order valence-electron chi connectivity index (χ0n) is 16.1. The van der Waals surface area contributed by atoms with Gasteiger partial charge in [0, 0.05) is 23.9 Å². The van der Waals surface area contributed by atoms with E-state index in [0.29, 0.717) is 24.3 Å². The average Bonchev–Trinajstić information content (AvgIpc) is 2.71. The van der Waals surface area contributed by atoms with Crippen LogP contribution in [0.5, 0.6) is 0 Å². The lowest BCUT2D eigenvalue weighted by Gasteiger charge is -2.30. The number of piperidine rings is 1. The molecule has 3 rings (SSSR count). The molecule has 8 nitrogen and oxygen atoms in total. The third-order valence-corrected chi connectivity index (χ3v) is 4.53. The summed E-state index contributed by atoms with van der Waals surface area (Å²) in [4.78, 5) is 37.8. The molecule has 0 saturated carbocycles. The van der Waals surface area contributed by atoms with Gasteiger partial charge in [-0.1, -0.05) is 12.1 Å². The molecule has 1 unspecified atom stereocenters. The van der Waals surface area contributed by atoms with Crippen LogP contribution in [0.25, 0.3) is 11.1 Å². The Labute approximate surface area is 171 Å². The normalized spacial score (nSPS) is 16.1. The van der Waals surface area contributed by atoms with E-state index in [9.17, 15) is 18.4 Å². The Morgan fingerprint density at radius 2 is 2.03 bits per heavy atom. The molecule has 2 heterocycles. The number of amides is 2. The average molecular weight is 420 g/mol. The molecule has 2 aromatic rings. The molecule has 0 bridgehead atoms. The lowest BCUT2D eigenvalue weighted by Crippen LogP contribution is -2.44. The molecule has 0 radical (unpaired) electrons. The summed E-state index contributed by atoms with van der Waals surface area (Å²) in [5.74, 6) is -2.41. The third-order valence-electron chi connectivity index (χ3n) is 4.53. The van der Waals surface area contributed by atoms with Gasteiger partial charge in [0.2, 0.25) is 11.8 Å². The van der Waals surface area contributed by atoms with Gasteiger partial charge in [-0.3, -0.25) is 19.3 Å². The number of carbonyl (C=O) groups is 3.